The van der Waals surface area contributed by atoms with Gasteiger partial charge in [0.2, 0.25) is 0 Å². The smallest absolute Gasteiger partial charge is 0.137 e. The minimum atomic E-state index is 0.402. The summed E-state index contributed by atoms with van der Waals surface area (Å²) in [6.45, 7) is 0.848. The minimum absolute atomic E-state index is 0.402. The van der Waals surface area contributed by atoms with Gasteiger partial charge in [0, 0.05) is 42.4 Å². The third kappa shape index (κ3) is 1.93. The fourth-order valence-electron chi connectivity index (χ4n) is 3.09. The number of aromatic amines is 1. The van der Waals surface area contributed by atoms with Gasteiger partial charge in [0.25, 0.3) is 0 Å². The first-order valence-corrected chi connectivity index (χ1v) is 7.12. The molecule has 20 heavy (non-hydrogen) atoms. The van der Waals surface area contributed by atoms with Crippen molar-refractivity contribution < 1.29 is 4.42 Å². The highest BCUT2D eigenvalue weighted by molar-refractivity contribution is 5.79. The average Bonchev–Trinajstić information content (AvgIpc) is 3.12. The number of pyridine rings is 1. The van der Waals surface area contributed by atoms with E-state index < -0.39 is 0 Å². The van der Waals surface area contributed by atoms with Crippen LogP contribution in [0.4, 0.5) is 0 Å². The quantitative estimate of drug-likeness (QED) is 0.765. The Hall–Kier alpha value is -2.07. The molecular weight excluding hydrogens is 250 g/mol. The molecule has 4 rings (SSSR count). The van der Waals surface area contributed by atoms with Gasteiger partial charge in [-0.05, 0) is 36.6 Å². The first-order chi connectivity index (χ1) is 9.92. The lowest BCUT2D eigenvalue weighted by atomic mass is 9.93. The van der Waals surface area contributed by atoms with Gasteiger partial charge in [-0.1, -0.05) is 0 Å². The molecule has 0 saturated carbocycles. The minimum Gasteiger partial charge on any atom is -0.469 e. The van der Waals surface area contributed by atoms with E-state index in [2.05, 4.69) is 27.4 Å². The van der Waals surface area contributed by atoms with Crippen molar-refractivity contribution in [1.82, 2.24) is 15.3 Å². The summed E-state index contributed by atoms with van der Waals surface area (Å²) in [5, 5.41) is 4.85. The van der Waals surface area contributed by atoms with E-state index in [9.17, 15) is 0 Å². The van der Waals surface area contributed by atoms with Gasteiger partial charge < -0.3 is 14.7 Å². The lowest BCUT2D eigenvalue weighted by Gasteiger charge is -2.22. The molecular formula is C16H17N3O. The Morgan fingerprint density at radius 3 is 3.40 bits per heavy atom. The summed E-state index contributed by atoms with van der Waals surface area (Å²) in [7, 11) is 0. The molecule has 0 unspecified atom stereocenters. The van der Waals surface area contributed by atoms with Gasteiger partial charge in [0.15, 0.2) is 0 Å². The molecule has 0 saturated heterocycles. The Morgan fingerprint density at radius 2 is 2.40 bits per heavy atom. The summed E-state index contributed by atoms with van der Waals surface area (Å²) in [4.78, 5) is 7.55. The standard InChI is InChI=1S/C16H17N3O/c1-4-14(13-6-8-20-15(13)5-1)18-9-11-10-19-16-12(11)3-2-7-17-16/h2-3,6-8,10,14,18H,1,4-5,9H2,(H,17,19)/t14-/m0/s1. The van der Waals surface area contributed by atoms with Crippen LogP contribution >= 0.6 is 0 Å². The second-order valence-electron chi connectivity index (χ2n) is 5.34. The van der Waals surface area contributed by atoms with Gasteiger partial charge in [0.05, 0.1) is 6.26 Å². The number of aryl methyl sites for hydroxylation is 1. The molecule has 1 atom stereocenters. The van der Waals surface area contributed by atoms with Crippen LogP contribution in [0, 0.1) is 0 Å². The van der Waals surface area contributed by atoms with Crippen molar-refractivity contribution in [3.05, 3.63) is 53.7 Å². The lowest BCUT2D eigenvalue weighted by Crippen LogP contribution is -2.23. The van der Waals surface area contributed by atoms with Crippen LogP contribution in [0.25, 0.3) is 11.0 Å². The molecule has 1 aliphatic rings. The van der Waals surface area contributed by atoms with Crippen LogP contribution in [0.1, 0.15) is 35.8 Å². The first kappa shape index (κ1) is 11.7. The summed E-state index contributed by atoms with van der Waals surface area (Å²) in [5.41, 5.74) is 3.55. The second-order valence-corrected chi connectivity index (χ2v) is 5.34. The van der Waals surface area contributed by atoms with E-state index in [0.29, 0.717) is 6.04 Å². The van der Waals surface area contributed by atoms with Gasteiger partial charge in [-0.3, -0.25) is 0 Å². The zero-order valence-electron chi connectivity index (χ0n) is 11.2. The largest absolute Gasteiger partial charge is 0.469 e. The summed E-state index contributed by atoms with van der Waals surface area (Å²) < 4.78 is 5.54. The van der Waals surface area contributed by atoms with Crippen molar-refractivity contribution in [1.29, 1.82) is 0 Å². The van der Waals surface area contributed by atoms with Crippen LogP contribution < -0.4 is 5.32 Å². The predicted octanol–water partition coefficient (Wildman–Crippen LogP) is 3.32. The lowest BCUT2D eigenvalue weighted by molar-refractivity contribution is 0.411. The molecule has 0 radical (unpaired) electrons. The fraction of sp³-hybridized carbons (Fsp3) is 0.312. The Kier molecular flexibility index (Phi) is 2.81. The third-order valence-electron chi connectivity index (χ3n) is 4.13. The Bertz CT molecular complexity index is 728. The van der Waals surface area contributed by atoms with Crippen molar-refractivity contribution in [2.75, 3.05) is 0 Å². The zero-order valence-corrected chi connectivity index (χ0v) is 11.2. The number of rotatable bonds is 3. The number of hydrogen-bond donors (Lipinski definition) is 2. The Morgan fingerprint density at radius 1 is 1.40 bits per heavy atom. The molecule has 4 nitrogen and oxygen atoms in total. The van der Waals surface area contributed by atoms with Crippen LogP contribution in [0.15, 0.2) is 41.3 Å². The van der Waals surface area contributed by atoms with Crippen molar-refractivity contribution in [2.45, 2.75) is 31.8 Å². The summed E-state index contributed by atoms with van der Waals surface area (Å²) >= 11 is 0. The highest BCUT2D eigenvalue weighted by Gasteiger charge is 2.22. The number of H-pyrrole nitrogens is 1. The van der Waals surface area contributed by atoms with E-state index in [0.717, 1.165) is 24.4 Å². The van der Waals surface area contributed by atoms with E-state index in [1.54, 1.807) is 6.26 Å². The number of hydrogen-bond acceptors (Lipinski definition) is 3. The van der Waals surface area contributed by atoms with E-state index in [1.807, 2.05) is 18.5 Å². The fourth-order valence-corrected chi connectivity index (χ4v) is 3.09. The molecule has 0 aromatic carbocycles. The SMILES string of the molecule is c1cnc2[nH]cc(CN[C@H]3CCCc4occc43)c2c1. The molecule has 102 valence electrons. The third-order valence-corrected chi connectivity index (χ3v) is 4.13. The maximum atomic E-state index is 5.54. The van der Waals surface area contributed by atoms with Crippen LogP contribution in [0.2, 0.25) is 0 Å². The highest BCUT2D eigenvalue weighted by atomic mass is 16.3. The normalized spacial score (nSPS) is 18.3. The van der Waals surface area contributed by atoms with Crippen LogP contribution in [-0.4, -0.2) is 9.97 Å². The number of nitrogens with zero attached hydrogens (tertiary/aromatic N) is 1. The Labute approximate surface area is 117 Å². The molecule has 0 bridgehead atoms. The summed E-state index contributed by atoms with van der Waals surface area (Å²) in [6.07, 6.45) is 9.09. The van der Waals surface area contributed by atoms with Crippen molar-refractivity contribution in [3.63, 3.8) is 0 Å². The maximum absolute atomic E-state index is 5.54. The van der Waals surface area contributed by atoms with E-state index in [1.165, 1.54) is 29.4 Å². The van der Waals surface area contributed by atoms with E-state index in [-0.39, 0.29) is 0 Å². The Balaban J connectivity index is 1.54. The molecule has 3 heterocycles. The molecule has 3 aromatic heterocycles. The number of furan rings is 1. The average molecular weight is 267 g/mol. The zero-order chi connectivity index (χ0) is 13.4. The maximum Gasteiger partial charge on any atom is 0.137 e. The van der Waals surface area contributed by atoms with Gasteiger partial charge >= 0.3 is 0 Å². The number of fused-ring (bicyclic) bond motifs is 2. The van der Waals surface area contributed by atoms with Crippen LogP contribution in [0.5, 0.6) is 0 Å². The second kappa shape index (κ2) is 4.80. The molecule has 0 spiro atoms. The monoisotopic (exact) mass is 267 g/mol. The molecule has 0 amide bonds. The molecule has 4 heteroatoms. The highest BCUT2D eigenvalue weighted by Crippen LogP contribution is 2.30. The molecule has 3 aromatic rings. The van der Waals surface area contributed by atoms with Crippen molar-refractivity contribution in [2.24, 2.45) is 0 Å². The van der Waals surface area contributed by atoms with Crippen molar-refractivity contribution in [3.8, 4) is 0 Å². The summed E-state index contributed by atoms with van der Waals surface area (Å²) in [6, 6.07) is 6.59. The van der Waals surface area contributed by atoms with E-state index >= 15 is 0 Å². The van der Waals surface area contributed by atoms with Gasteiger partial charge in [0.1, 0.15) is 11.4 Å². The van der Waals surface area contributed by atoms with Gasteiger partial charge in [-0.15, -0.1) is 0 Å². The molecule has 1 aliphatic carbocycles. The summed E-state index contributed by atoms with van der Waals surface area (Å²) in [5.74, 6) is 1.15. The van der Waals surface area contributed by atoms with Crippen LogP contribution in [-0.2, 0) is 13.0 Å². The number of aromatic nitrogens is 2. The van der Waals surface area contributed by atoms with Crippen molar-refractivity contribution >= 4 is 11.0 Å². The molecule has 2 N–H and O–H groups in total. The number of nitrogens with one attached hydrogen (secondary N) is 2. The molecule has 0 fully saturated rings. The van der Waals surface area contributed by atoms with Crippen LogP contribution in [0.3, 0.4) is 0 Å². The molecule has 0 aliphatic heterocycles. The van der Waals surface area contributed by atoms with E-state index in [4.69, 9.17) is 4.42 Å². The van der Waals surface area contributed by atoms with Gasteiger partial charge in [-0.25, -0.2) is 4.98 Å². The topological polar surface area (TPSA) is 53.9 Å². The first-order valence-electron chi connectivity index (χ1n) is 7.12. The predicted molar refractivity (Wildman–Crippen MR) is 77.3 cm³/mol. The van der Waals surface area contributed by atoms with Gasteiger partial charge in [-0.2, -0.15) is 0 Å².